The highest BCUT2D eigenvalue weighted by Gasteiger charge is 2.33. The quantitative estimate of drug-likeness (QED) is 0.701. The van der Waals surface area contributed by atoms with Crippen molar-refractivity contribution in [1.29, 1.82) is 0 Å². The molecule has 0 aromatic heterocycles. The fraction of sp³-hybridized carbons (Fsp3) is 0.650. The van der Waals surface area contributed by atoms with E-state index in [1.165, 1.54) is 11.1 Å². The van der Waals surface area contributed by atoms with Gasteiger partial charge < -0.3 is 20.5 Å². The Morgan fingerprint density at radius 1 is 1.19 bits per heavy atom. The van der Waals surface area contributed by atoms with E-state index in [4.69, 9.17) is 15.2 Å². The van der Waals surface area contributed by atoms with Crippen LogP contribution in [0.1, 0.15) is 37.8 Å². The molecule has 0 saturated heterocycles. The second-order valence-electron chi connectivity index (χ2n) is 6.95. The highest BCUT2D eigenvalue weighted by molar-refractivity contribution is 5.82. The number of benzene rings is 1. The molecule has 146 valence electrons. The Bertz CT molecular complexity index is 606. The third-order valence-corrected chi connectivity index (χ3v) is 5.74. The summed E-state index contributed by atoms with van der Waals surface area (Å²) in [6.07, 6.45) is 2.51. The SMILES string of the molecule is CCC(CC)(CN)C(=O)NCCN1CCc2cc(OC)c(OC)cc2C1. The maximum absolute atomic E-state index is 12.5. The maximum atomic E-state index is 12.5. The van der Waals surface area contributed by atoms with E-state index in [1.54, 1.807) is 14.2 Å². The van der Waals surface area contributed by atoms with E-state index in [0.717, 1.165) is 50.4 Å². The Balaban J connectivity index is 1.93. The van der Waals surface area contributed by atoms with Crippen molar-refractivity contribution < 1.29 is 14.3 Å². The van der Waals surface area contributed by atoms with Gasteiger partial charge >= 0.3 is 0 Å². The maximum Gasteiger partial charge on any atom is 0.227 e. The van der Waals surface area contributed by atoms with Crippen LogP contribution in [0.3, 0.4) is 0 Å². The van der Waals surface area contributed by atoms with E-state index in [9.17, 15) is 4.79 Å². The van der Waals surface area contributed by atoms with E-state index >= 15 is 0 Å². The summed E-state index contributed by atoms with van der Waals surface area (Å²) in [5.74, 6) is 1.62. The molecule has 0 radical (unpaired) electrons. The second kappa shape index (κ2) is 9.24. The summed E-state index contributed by atoms with van der Waals surface area (Å²) in [4.78, 5) is 14.9. The fourth-order valence-electron chi connectivity index (χ4n) is 3.60. The van der Waals surface area contributed by atoms with Crippen LogP contribution in [0, 0.1) is 5.41 Å². The van der Waals surface area contributed by atoms with Gasteiger partial charge in [0.2, 0.25) is 5.91 Å². The Labute approximate surface area is 157 Å². The molecule has 1 aromatic carbocycles. The van der Waals surface area contributed by atoms with Crippen molar-refractivity contribution in [2.75, 3.05) is 40.4 Å². The molecule has 0 saturated carbocycles. The number of nitrogens with two attached hydrogens (primary N) is 1. The standard InChI is InChI=1S/C20H33N3O3/c1-5-20(6-2,14-21)19(24)22-8-10-23-9-7-15-11-17(25-3)18(26-4)12-16(15)13-23/h11-12H,5-10,13-14,21H2,1-4H3,(H,22,24). The molecule has 3 N–H and O–H groups in total. The van der Waals surface area contributed by atoms with Gasteiger partial charge in [-0.2, -0.15) is 0 Å². The van der Waals surface area contributed by atoms with Crippen molar-refractivity contribution in [3.05, 3.63) is 23.3 Å². The molecule has 1 amide bonds. The molecule has 1 heterocycles. The first-order valence-electron chi connectivity index (χ1n) is 9.48. The number of hydrogen-bond donors (Lipinski definition) is 2. The first-order chi connectivity index (χ1) is 12.5. The zero-order valence-electron chi connectivity index (χ0n) is 16.6. The van der Waals surface area contributed by atoms with Crippen molar-refractivity contribution in [2.45, 2.75) is 39.7 Å². The van der Waals surface area contributed by atoms with Crippen LogP contribution in [0.4, 0.5) is 0 Å². The van der Waals surface area contributed by atoms with Gasteiger partial charge in [0.25, 0.3) is 0 Å². The van der Waals surface area contributed by atoms with Crippen LogP contribution in [-0.2, 0) is 17.8 Å². The van der Waals surface area contributed by atoms with Crippen LogP contribution < -0.4 is 20.5 Å². The molecular weight excluding hydrogens is 330 g/mol. The zero-order chi connectivity index (χ0) is 19.2. The Hall–Kier alpha value is -1.79. The average Bonchev–Trinajstić information content (AvgIpc) is 2.68. The molecule has 1 aliphatic heterocycles. The minimum atomic E-state index is -0.432. The van der Waals surface area contributed by atoms with Gasteiger partial charge in [-0.25, -0.2) is 0 Å². The summed E-state index contributed by atoms with van der Waals surface area (Å²) in [6.45, 7) is 7.75. The third-order valence-electron chi connectivity index (χ3n) is 5.74. The number of hydrogen-bond acceptors (Lipinski definition) is 5. The highest BCUT2D eigenvalue weighted by Crippen LogP contribution is 2.33. The molecule has 0 spiro atoms. The fourth-order valence-corrected chi connectivity index (χ4v) is 3.60. The molecule has 0 fully saturated rings. The number of methoxy groups -OCH3 is 2. The lowest BCUT2D eigenvalue weighted by Crippen LogP contribution is -2.47. The molecule has 26 heavy (non-hydrogen) atoms. The molecule has 0 unspecified atom stereocenters. The molecule has 6 heteroatoms. The Morgan fingerprint density at radius 2 is 1.81 bits per heavy atom. The number of carbonyl (C=O) groups excluding carboxylic acids is 1. The van der Waals surface area contributed by atoms with Crippen molar-refractivity contribution in [3.63, 3.8) is 0 Å². The highest BCUT2D eigenvalue weighted by atomic mass is 16.5. The lowest BCUT2D eigenvalue weighted by Gasteiger charge is -2.31. The summed E-state index contributed by atoms with van der Waals surface area (Å²) in [5, 5.41) is 3.08. The van der Waals surface area contributed by atoms with Crippen molar-refractivity contribution in [2.24, 2.45) is 11.1 Å². The summed E-state index contributed by atoms with van der Waals surface area (Å²) < 4.78 is 10.8. The number of rotatable bonds is 9. The van der Waals surface area contributed by atoms with Crippen molar-refractivity contribution >= 4 is 5.91 Å². The molecule has 0 atom stereocenters. The van der Waals surface area contributed by atoms with E-state index < -0.39 is 5.41 Å². The molecule has 0 aliphatic carbocycles. The predicted molar refractivity (Wildman–Crippen MR) is 104 cm³/mol. The molecular formula is C20H33N3O3. The second-order valence-corrected chi connectivity index (χ2v) is 6.95. The van der Waals surface area contributed by atoms with Crippen LogP contribution in [0.5, 0.6) is 11.5 Å². The monoisotopic (exact) mass is 363 g/mol. The number of ether oxygens (including phenoxy) is 2. The molecule has 1 aliphatic rings. The van der Waals surface area contributed by atoms with Gasteiger partial charge in [0.1, 0.15) is 0 Å². The smallest absolute Gasteiger partial charge is 0.227 e. The van der Waals surface area contributed by atoms with E-state index in [-0.39, 0.29) is 5.91 Å². The molecule has 6 nitrogen and oxygen atoms in total. The van der Waals surface area contributed by atoms with Crippen LogP contribution in [0.25, 0.3) is 0 Å². The Morgan fingerprint density at radius 3 is 2.35 bits per heavy atom. The normalized spacial score (nSPS) is 14.7. The lowest BCUT2D eigenvalue weighted by atomic mass is 9.81. The number of nitrogens with one attached hydrogen (secondary N) is 1. The van der Waals surface area contributed by atoms with Crippen molar-refractivity contribution in [3.8, 4) is 11.5 Å². The molecule has 1 aromatic rings. The summed E-state index contributed by atoms with van der Waals surface area (Å²) >= 11 is 0. The first kappa shape index (κ1) is 20.5. The average molecular weight is 364 g/mol. The lowest BCUT2D eigenvalue weighted by molar-refractivity contribution is -0.131. The van der Waals surface area contributed by atoms with E-state index in [1.807, 2.05) is 13.8 Å². The summed E-state index contributed by atoms with van der Waals surface area (Å²) in [5.41, 5.74) is 7.99. The van der Waals surface area contributed by atoms with Gasteiger partial charge in [-0.15, -0.1) is 0 Å². The number of nitrogens with zero attached hydrogens (tertiary/aromatic N) is 1. The number of carbonyl (C=O) groups is 1. The first-order valence-corrected chi connectivity index (χ1v) is 9.48. The Kier molecular flexibility index (Phi) is 7.29. The number of amides is 1. The van der Waals surface area contributed by atoms with Gasteiger partial charge in [-0.1, -0.05) is 13.8 Å². The van der Waals surface area contributed by atoms with Crippen LogP contribution in [-0.4, -0.2) is 51.2 Å². The zero-order valence-corrected chi connectivity index (χ0v) is 16.6. The van der Waals surface area contributed by atoms with Crippen molar-refractivity contribution in [1.82, 2.24) is 10.2 Å². The van der Waals surface area contributed by atoms with Gasteiger partial charge in [0, 0.05) is 32.7 Å². The van der Waals surface area contributed by atoms with Gasteiger partial charge in [-0.3, -0.25) is 9.69 Å². The summed E-state index contributed by atoms with van der Waals surface area (Å²) in [6, 6.07) is 4.14. The minimum absolute atomic E-state index is 0.0776. The van der Waals surface area contributed by atoms with Crippen LogP contribution >= 0.6 is 0 Å². The molecule has 0 bridgehead atoms. The predicted octanol–water partition coefficient (Wildman–Crippen LogP) is 1.94. The van der Waals surface area contributed by atoms with E-state index in [0.29, 0.717) is 13.1 Å². The number of fused-ring (bicyclic) bond motifs is 1. The minimum Gasteiger partial charge on any atom is -0.493 e. The van der Waals surface area contributed by atoms with Gasteiger partial charge in [-0.05, 0) is 42.5 Å². The van der Waals surface area contributed by atoms with Crippen LogP contribution in [0.15, 0.2) is 12.1 Å². The third kappa shape index (κ3) is 4.30. The summed E-state index contributed by atoms with van der Waals surface area (Å²) in [7, 11) is 3.32. The van der Waals surface area contributed by atoms with Crippen LogP contribution in [0.2, 0.25) is 0 Å². The topological polar surface area (TPSA) is 76.8 Å². The van der Waals surface area contributed by atoms with Gasteiger partial charge in [0.15, 0.2) is 11.5 Å². The van der Waals surface area contributed by atoms with E-state index in [2.05, 4.69) is 22.3 Å². The largest absolute Gasteiger partial charge is 0.493 e. The molecule has 2 rings (SSSR count). The van der Waals surface area contributed by atoms with Gasteiger partial charge in [0.05, 0.1) is 19.6 Å².